The Morgan fingerprint density at radius 2 is 1.71 bits per heavy atom. The van der Waals surface area contributed by atoms with Gasteiger partial charge in [0.2, 0.25) is 0 Å². The number of para-hydroxylation sites is 1. The van der Waals surface area contributed by atoms with Crippen molar-refractivity contribution in [2.75, 3.05) is 44.7 Å². The first kappa shape index (κ1) is 19.9. The predicted molar refractivity (Wildman–Crippen MR) is 108 cm³/mol. The van der Waals surface area contributed by atoms with Gasteiger partial charge in [-0.05, 0) is 24.3 Å². The van der Waals surface area contributed by atoms with Crippen LogP contribution in [0.3, 0.4) is 0 Å². The summed E-state index contributed by atoms with van der Waals surface area (Å²) in [6.45, 7) is 4.28. The number of Topliss-reactive ketones (excluding diaryl/α,β-unsaturated/α-hetero) is 2. The molecule has 1 fully saturated rings. The highest BCUT2D eigenvalue weighted by atomic mass is 16.5. The number of hydrogen-bond acceptors (Lipinski definition) is 6. The molecule has 1 aliphatic rings. The molecule has 0 saturated carbocycles. The minimum absolute atomic E-state index is 0.0785. The Hall–Kier alpha value is -2.86. The van der Waals surface area contributed by atoms with Crippen molar-refractivity contribution in [3.8, 4) is 11.5 Å². The molecule has 0 aliphatic carbocycles. The van der Waals surface area contributed by atoms with Crippen LogP contribution in [0.2, 0.25) is 0 Å². The number of benzene rings is 2. The van der Waals surface area contributed by atoms with Crippen LogP contribution in [-0.2, 0) is 4.79 Å². The van der Waals surface area contributed by atoms with Gasteiger partial charge in [-0.1, -0.05) is 24.3 Å². The van der Waals surface area contributed by atoms with Gasteiger partial charge in [-0.2, -0.15) is 0 Å². The Balaban J connectivity index is 1.46. The summed E-state index contributed by atoms with van der Waals surface area (Å²) in [5, 5.41) is 9.93. The number of phenols is 1. The van der Waals surface area contributed by atoms with Crippen molar-refractivity contribution < 1.29 is 19.4 Å². The zero-order valence-corrected chi connectivity index (χ0v) is 16.1. The monoisotopic (exact) mass is 382 g/mol. The minimum Gasteiger partial charge on any atom is -0.507 e. The maximum Gasteiger partial charge on any atom is 0.177 e. The molecule has 0 bridgehead atoms. The Morgan fingerprint density at radius 3 is 2.39 bits per heavy atom. The van der Waals surface area contributed by atoms with Gasteiger partial charge in [0.05, 0.1) is 13.5 Å². The van der Waals surface area contributed by atoms with Crippen LogP contribution in [0.1, 0.15) is 23.2 Å². The van der Waals surface area contributed by atoms with E-state index in [1.54, 1.807) is 12.1 Å². The van der Waals surface area contributed by atoms with Crippen molar-refractivity contribution in [3.05, 3.63) is 54.1 Å². The number of phenolic OH excluding ortho intramolecular Hbond substituents is 1. The molecule has 3 rings (SSSR count). The number of ether oxygens (including phenoxy) is 1. The highest BCUT2D eigenvalue weighted by molar-refractivity contribution is 6.10. The first-order chi connectivity index (χ1) is 13.6. The number of aromatic hydroxyl groups is 1. The van der Waals surface area contributed by atoms with Crippen LogP contribution < -0.4 is 9.64 Å². The number of rotatable bonds is 8. The SMILES string of the molecule is COc1cccc(O)c1C(=O)CC(=O)CCN1CCN(c2ccccc2)CC1. The summed E-state index contributed by atoms with van der Waals surface area (Å²) in [4.78, 5) is 29.3. The molecule has 1 aliphatic heterocycles. The third kappa shape index (κ3) is 4.89. The van der Waals surface area contributed by atoms with Crippen LogP contribution in [0, 0.1) is 0 Å². The second-order valence-corrected chi connectivity index (χ2v) is 6.91. The van der Waals surface area contributed by atoms with E-state index in [1.165, 1.54) is 18.9 Å². The molecule has 1 N–H and O–H groups in total. The lowest BCUT2D eigenvalue weighted by Crippen LogP contribution is -2.46. The van der Waals surface area contributed by atoms with E-state index in [4.69, 9.17) is 4.74 Å². The van der Waals surface area contributed by atoms with Crippen LogP contribution in [0.4, 0.5) is 5.69 Å². The van der Waals surface area contributed by atoms with E-state index in [0.29, 0.717) is 13.0 Å². The molecule has 0 unspecified atom stereocenters. The molecule has 2 aromatic rings. The minimum atomic E-state index is -0.408. The highest BCUT2D eigenvalue weighted by Crippen LogP contribution is 2.28. The summed E-state index contributed by atoms with van der Waals surface area (Å²) in [7, 11) is 1.43. The van der Waals surface area contributed by atoms with Gasteiger partial charge in [0.25, 0.3) is 0 Å². The molecule has 0 atom stereocenters. The second kappa shape index (κ2) is 9.37. The van der Waals surface area contributed by atoms with Crippen molar-refractivity contribution >= 4 is 17.3 Å². The zero-order chi connectivity index (χ0) is 19.9. The van der Waals surface area contributed by atoms with Gasteiger partial charge >= 0.3 is 0 Å². The highest BCUT2D eigenvalue weighted by Gasteiger charge is 2.21. The van der Waals surface area contributed by atoms with Crippen LogP contribution in [0.5, 0.6) is 11.5 Å². The number of anilines is 1. The molecule has 28 heavy (non-hydrogen) atoms. The van der Waals surface area contributed by atoms with E-state index in [1.807, 2.05) is 18.2 Å². The predicted octanol–water partition coefficient (Wildman–Crippen LogP) is 2.76. The summed E-state index contributed by atoms with van der Waals surface area (Å²) >= 11 is 0. The topological polar surface area (TPSA) is 70.1 Å². The standard InChI is InChI=1S/C22H26N2O4/c1-28-21-9-5-8-19(26)22(21)20(27)16-18(25)10-11-23-12-14-24(15-13-23)17-6-3-2-4-7-17/h2-9,26H,10-16H2,1H3. The Kier molecular flexibility index (Phi) is 6.66. The fourth-order valence-electron chi connectivity index (χ4n) is 3.48. The van der Waals surface area contributed by atoms with E-state index < -0.39 is 5.78 Å². The lowest BCUT2D eigenvalue weighted by molar-refractivity contribution is -0.118. The third-order valence-electron chi connectivity index (χ3n) is 5.06. The smallest absolute Gasteiger partial charge is 0.177 e. The number of methoxy groups -OCH3 is 1. The average Bonchev–Trinajstić information content (AvgIpc) is 2.73. The van der Waals surface area contributed by atoms with E-state index in [2.05, 4.69) is 21.9 Å². The van der Waals surface area contributed by atoms with Crippen molar-refractivity contribution in [3.63, 3.8) is 0 Å². The fraction of sp³-hybridized carbons (Fsp3) is 0.364. The van der Waals surface area contributed by atoms with Gasteiger partial charge < -0.3 is 14.7 Å². The van der Waals surface area contributed by atoms with Crippen molar-refractivity contribution in [2.45, 2.75) is 12.8 Å². The number of carbonyl (C=O) groups excluding carboxylic acids is 2. The van der Waals surface area contributed by atoms with Crippen LogP contribution in [0.15, 0.2) is 48.5 Å². The molecule has 6 nitrogen and oxygen atoms in total. The molecule has 0 aromatic heterocycles. The van der Waals surface area contributed by atoms with Crippen molar-refractivity contribution in [1.29, 1.82) is 0 Å². The molecular weight excluding hydrogens is 356 g/mol. The molecule has 0 spiro atoms. The number of piperazine rings is 1. The van der Waals surface area contributed by atoms with Gasteiger partial charge in [-0.25, -0.2) is 0 Å². The van der Waals surface area contributed by atoms with Crippen LogP contribution >= 0.6 is 0 Å². The molecule has 0 radical (unpaired) electrons. The maximum absolute atomic E-state index is 12.4. The molecule has 6 heteroatoms. The summed E-state index contributed by atoms with van der Waals surface area (Å²) < 4.78 is 5.13. The Labute approximate surface area is 165 Å². The third-order valence-corrected chi connectivity index (χ3v) is 5.06. The zero-order valence-electron chi connectivity index (χ0n) is 16.1. The lowest BCUT2D eigenvalue weighted by Gasteiger charge is -2.36. The number of hydrogen-bond donors (Lipinski definition) is 1. The molecule has 148 valence electrons. The fourth-order valence-corrected chi connectivity index (χ4v) is 3.48. The average molecular weight is 382 g/mol. The Morgan fingerprint density at radius 1 is 1.00 bits per heavy atom. The quantitative estimate of drug-likeness (QED) is 0.559. The van der Waals surface area contributed by atoms with E-state index >= 15 is 0 Å². The largest absolute Gasteiger partial charge is 0.507 e. The van der Waals surface area contributed by atoms with Gasteiger partial charge in [0.15, 0.2) is 5.78 Å². The number of nitrogens with zero attached hydrogens (tertiary/aromatic N) is 2. The molecule has 0 amide bonds. The van der Waals surface area contributed by atoms with Gasteiger partial charge in [-0.3, -0.25) is 14.5 Å². The van der Waals surface area contributed by atoms with Crippen molar-refractivity contribution in [1.82, 2.24) is 4.90 Å². The molecular formula is C22H26N2O4. The van der Waals surface area contributed by atoms with Crippen LogP contribution in [0.25, 0.3) is 0 Å². The van der Waals surface area contributed by atoms with Crippen molar-refractivity contribution in [2.24, 2.45) is 0 Å². The summed E-state index contributed by atoms with van der Waals surface area (Å²) in [6, 6.07) is 14.9. The maximum atomic E-state index is 12.4. The van der Waals surface area contributed by atoms with Gasteiger partial charge in [0.1, 0.15) is 22.8 Å². The first-order valence-corrected chi connectivity index (χ1v) is 9.51. The molecule has 1 saturated heterocycles. The van der Waals surface area contributed by atoms with E-state index in [0.717, 1.165) is 26.2 Å². The number of ketones is 2. The second-order valence-electron chi connectivity index (χ2n) is 6.91. The lowest BCUT2D eigenvalue weighted by atomic mass is 10.0. The van der Waals surface area contributed by atoms with E-state index in [-0.39, 0.29) is 29.3 Å². The number of carbonyl (C=O) groups is 2. The van der Waals surface area contributed by atoms with Gasteiger partial charge in [-0.15, -0.1) is 0 Å². The first-order valence-electron chi connectivity index (χ1n) is 9.51. The molecule has 1 heterocycles. The van der Waals surface area contributed by atoms with Crippen LogP contribution in [-0.4, -0.2) is 61.4 Å². The summed E-state index contributed by atoms with van der Waals surface area (Å²) in [6.07, 6.45) is 0.102. The summed E-state index contributed by atoms with van der Waals surface area (Å²) in [5.74, 6) is -0.404. The van der Waals surface area contributed by atoms with E-state index in [9.17, 15) is 14.7 Å². The molecule has 2 aromatic carbocycles. The summed E-state index contributed by atoms with van der Waals surface area (Å²) in [5.41, 5.74) is 1.30. The van der Waals surface area contributed by atoms with Gasteiger partial charge in [0, 0.05) is 44.8 Å². The normalized spacial score (nSPS) is 14.7. The Bertz CT molecular complexity index is 815.